The van der Waals surface area contributed by atoms with E-state index in [2.05, 4.69) is 26.7 Å². The molecule has 0 unspecified atom stereocenters. The Kier molecular flexibility index (Phi) is 3.68. The second-order valence-electron chi connectivity index (χ2n) is 5.97. The van der Waals surface area contributed by atoms with Crippen LogP contribution in [0.2, 0.25) is 0 Å². The van der Waals surface area contributed by atoms with Crippen LogP contribution in [0.15, 0.2) is 73.2 Å². The first kappa shape index (κ1) is 15.0. The smallest absolute Gasteiger partial charge is 0.188 e. The number of anilines is 1. The van der Waals surface area contributed by atoms with E-state index >= 15 is 0 Å². The predicted molar refractivity (Wildman–Crippen MR) is 101 cm³/mol. The first-order valence-electron chi connectivity index (χ1n) is 8.00. The standard InChI is InChI=1S/C21H16N4/c1-23-18-7-8-21-19(11-18)20(16-5-2-6-17(22)10-16)14-25(21)13-15-4-3-9-24-12-15/h2-12,14H,13,22H2. The minimum Gasteiger partial charge on any atom is -0.399 e. The number of nitrogens with two attached hydrogens (primary N) is 1. The van der Waals surface area contributed by atoms with Gasteiger partial charge >= 0.3 is 0 Å². The van der Waals surface area contributed by atoms with Gasteiger partial charge in [0.25, 0.3) is 0 Å². The first-order chi connectivity index (χ1) is 12.2. The van der Waals surface area contributed by atoms with Gasteiger partial charge < -0.3 is 10.3 Å². The number of hydrogen-bond acceptors (Lipinski definition) is 2. The first-order valence-corrected chi connectivity index (χ1v) is 8.00. The van der Waals surface area contributed by atoms with Crippen LogP contribution in [0.5, 0.6) is 0 Å². The molecule has 0 aliphatic heterocycles. The fraction of sp³-hybridized carbons (Fsp3) is 0.0476. The third kappa shape index (κ3) is 2.84. The molecule has 120 valence electrons. The van der Waals surface area contributed by atoms with Crippen LogP contribution in [0.3, 0.4) is 0 Å². The van der Waals surface area contributed by atoms with Crippen molar-refractivity contribution in [2.24, 2.45) is 0 Å². The molecule has 0 bridgehead atoms. The zero-order chi connectivity index (χ0) is 17.2. The maximum absolute atomic E-state index is 7.30. The Morgan fingerprint density at radius 2 is 2.00 bits per heavy atom. The van der Waals surface area contributed by atoms with Crippen molar-refractivity contribution in [1.29, 1.82) is 0 Å². The molecule has 2 N–H and O–H groups in total. The van der Waals surface area contributed by atoms with E-state index in [4.69, 9.17) is 12.3 Å². The molecular formula is C21H16N4. The Morgan fingerprint density at radius 1 is 1.08 bits per heavy atom. The van der Waals surface area contributed by atoms with Crippen molar-refractivity contribution in [2.45, 2.75) is 6.54 Å². The summed E-state index contributed by atoms with van der Waals surface area (Å²) in [4.78, 5) is 7.77. The van der Waals surface area contributed by atoms with Crippen LogP contribution < -0.4 is 5.73 Å². The highest BCUT2D eigenvalue weighted by Gasteiger charge is 2.12. The molecule has 4 aromatic rings. The Balaban J connectivity index is 1.91. The van der Waals surface area contributed by atoms with Gasteiger partial charge in [-0.05, 0) is 46.8 Å². The summed E-state index contributed by atoms with van der Waals surface area (Å²) >= 11 is 0. The van der Waals surface area contributed by atoms with Crippen LogP contribution in [0.25, 0.3) is 26.9 Å². The van der Waals surface area contributed by atoms with Gasteiger partial charge in [-0.25, -0.2) is 4.85 Å². The van der Waals surface area contributed by atoms with E-state index in [-0.39, 0.29) is 0 Å². The number of aromatic nitrogens is 2. The SMILES string of the molecule is [C-]#[N+]c1ccc2c(c1)c(-c1cccc(N)c1)cn2Cc1cccnc1. The van der Waals surface area contributed by atoms with Crippen molar-refractivity contribution >= 4 is 22.3 Å². The molecule has 2 aromatic carbocycles. The summed E-state index contributed by atoms with van der Waals surface area (Å²) in [6.45, 7) is 8.03. The lowest BCUT2D eigenvalue weighted by molar-refractivity contribution is 0.832. The highest BCUT2D eigenvalue weighted by Crippen LogP contribution is 2.34. The second kappa shape index (κ2) is 6.14. The average molecular weight is 324 g/mol. The molecule has 0 radical (unpaired) electrons. The quantitative estimate of drug-likeness (QED) is 0.431. The molecule has 0 aliphatic carbocycles. The molecule has 4 heteroatoms. The number of fused-ring (bicyclic) bond motifs is 1. The minimum atomic E-state index is 0.636. The van der Waals surface area contributed by atoms with Crippen molar-refractivity contribution < 1.29 is 0 Å². The van der Waals surface area contributed by atoms with Crippen molar-refractivity contribution in [2.75, 3.05) is 5.73 Å². The van der Waals surface area contributed by atoms with Crippen molar-refractivity contribution in [3.63, 3.8) is 0 Å². The highest BCUT2D eigenvalue weighted by atomic mass is 15.0. The van der Waals surface area contributed by atoms with Crippen molar-refractivity contribution in [3.05, 3.63) is 90.2 Å². The number of pyridine rings is 1. The molecule has 0 spiro atoms. The van der Waals surface area contributed by atoms with E-state index in [1.807, 2.05) is 54.7 Å². The third-order valence-corrected chi connectivity index (χ3v) is 4.27. The van der Waals surface area contributed by atoms with Crippen LogP contribution in [-0.2, 0) is 6.54 Å². The number of nitrogens with zero attached hydrogens (tertiary/aromatic N) is 3. The topological polar surface area (TPSA) is 48.2 Å². The number of hydrogen-bond donors (Lipinski definition) is 1. The van der Waals surface area contributed by atoms with Crippen LogP contribution in [0.1, 0.15) is 5.56 Å². The fourth-order valence-corrected chi connectivity index (χ4v) is 3.11. The molecule has 0 atom stereocenters. The van der Waals surface area contributed by atoms with Crippen LogP contribution >= 0.6 is 0 Å². The minimum absolute atomic E-state index is 0.636. The summed E-state index contributed by atoms with van der Waals surface area (Å²) < 4.78 is 2.19. The van der Waals surface area contributed by atoms with Gasteiger partial charge in [0.15, 0.2) is 5.69 Å². The molecule has 0 saturated heterocycles. The van der Waals surface area contributed by atoms with Gasteiger partial charge in [0.1, 0.15) is 0 Å². The van der Waals surface area contributed by atoms with Gasteiger partial charge in [-0.2, -0.15) is 0 Å². The lowest BCUT2D eigenvalue weighted by atomic mass is 10.0. The monoisotopic (exact) mass is 324 g/mol. The maximum atomic E-state index is 7.30. The molecule has 4 nitrogen and oxygen atoms in total. The summed E-state index contributed by atoms with van der Waals surface area (Å²) in [5, 5.41) is 1.06. The lowest BCUT2D eigenvalue weighted by Crippen LogP contribution is -1.97. The van der Waals surface area contributed by atoms with E-state index in [0.29, 0.717) is 5.69 Å². The zero-order valence-corrected chi connectivity index (χ0v) is 13.6. The van der Waals surface area contributed by atoms with Crippen LogP contribution in [-0.4, -0.2) is 9.55 Å². The second-order valence-corrected chi connectivity index (χ2v) is 5.97. The largest absolute Gasteiger partial charge is 0.399 e. The highest BCUT2D eigenvalue weighted by molar-refractivity contribution is 5.98. The van der Waals surface area contributed by atoms with Gasteiger partial charge in [-0.3, -0.25) is 4.98 Å². The van der Waals surface area contributed by atoms with Gasteiger partial charge in [0.2, 0.25) is 0 Å². The molecule has 2 heterocycles. The lowest BCUT2D eigenvalue weighted by Gasteiger charge is -2.05. The molecule has 0 amide bonds. The summed E-state index contributed by atoms with van der Waals surface area (Å²) in [5.41, 5.74) is 11.7. The van der Waals surface area contributed by atoms with E-state index in [0.717, 1.165) is 39.8 Å². The normalized spacial score (nSPS) is 10.7. The summed E-state index contributed by atoms with van der Waals surface area (Å²) in [6.07, 6.45) is 5.77. The molecular weight excluding hydrogens is 308 g/mol. The maximum Gasteiger partial charge on any atom is 0.188 e. The zero-order valence-electron chi connectivity index (χ0n) is 13.6. The molecule has 0 saturated carbocycles. The molecule has 0 fully saturated rings. The molecule has 0 aliphatic rings. The molecule has 2 aromatic heterocycles. The van der Waals surface area contributed by atoms with Crippen LogP contribution in [0, 0.1) is 6.57 Å². The van der Waals surface area contributed by atoms with Gasteiger partial charge in [0, 0.05) is 41.9 Å². The van der Waals surface area contributed by atoms with Crippen molar-refractivity contribution in [1.82, 2.24) is 9.55 Å². The average Bonchev–Trinajstić information content (AvgIpc) is 3.00. The Hall–Kier alpha value is -3.58. The predicted octanol–water partition coefficient (Wildman–Crippen LogP) is 4.88. The van der Waals surface area contributed by atoms with E-state index in [1.54, 1.807) is 6.20 Å². The number of nitrogen functional groups attached to an aromatic ring is 1. The van der Waals surface area contributed by atoms with Crippen molar-refractivity contribution in [3.8, 4) is 11.1 Å². The van der Waals surface area contributed by atoms with Gasteiger partial charge in [-0.15, -0.1) is 0 Å². The Labute approximate surface area is 146 Å². The summed E-state index contributed by atoms with van der Waals surface area (Å²) in [7, 11) is 0. The number of benzene rings is 2. The Morgan fingerprint density at radius 3 is 2.76 bits per heavy atom. The number of rotatable bonds is 3. The summed E-state index contributed by atoms with van der Waals surface area (Å²) in [6, 6.07) is 17.7. The van der Waals surface area contributed by atoms with Gasteiger partial charge in [0.05, 0.1) is 6.57 Å². The van der Waals surface area contributed by atoms with Crippen LogP contribution in [0.4, 0.5) is 11.4 Å². The van der Waals surface area contributed by atoms with E-state index < -0.39 is 0 Å². The third-order valence-electron chi connectivity index (χ3n) is 4.27. The molecule has 4 rings (SSSR count). The summed E-state index contributed by atoms with van der Waals surface area (Å²) in [5.74, 6) is 0. The Bertz CT molecular complexity index is 1090. The van der Waals surface area contributed by atoms with E-state index in [9.17, 15) is 0 Å². The van der Waals surface area contributed by atoms with Gasteiger partial charge in [-0.1, -0.05) is 24.3 Å². The fourth-order valence-electron chi connectivity index (χ4n) is 3.11. The molecule has 25 heavy (non-hydrogen) atoms. The van der Waals surface area contributed by atoms with E-state index in [1.165, 1.54) is 0 Å².